The number of aryl methyl sites for hydroxylation is 1. The molecule has 1 aliphatic carbocycles. The third-order valence-electron chi connectivity index (χ3n) is 6.02. The quantitative estimate of drug-likeness (QED) is 0.869. The first-order chi connectivity index (χ1) is 11.4. The van der Waals surface area contributed by atoms with Gasteiger partial charge in [0.25, 0.3) is 0 Å². The Labute approximate surface area is 143 Å². The van der Waals surface area contributed by atoms with Crippen LogP contribution in [-0.4, -0.2) is 35.0 Å². The van der Waals surface area contributed by atoms with E-state index in [-0.39, 0.29) is 17.7 Å². The highest BCUT2D eigenvalue weighted by molar-refractivity contribution is 5.85. The molecule has 130 valence electrons. The van der Waals surface area contributed by atoms with Crippen molar-refractivity contribution in [3.63, 3.8) is 0 Å². The van der Waals surface area contributed by atoms with Gasteiger partial charge in [0.05, 0.1) is 5.41 Å². The molecule has 1 heterocycles. The number of carboxylic acids is 1. The molecule has 4 heteroatoms. The molecule has 0 bridgehead atoms. The topological polar surface area (TPSA) is 57.6 Å². The van der Waals surface area contributed by atoms with Gasteiger partial charge in [-0.25, -0.2) is 0 Å². The van der Waals surface area contributed by atoms with Gasteiger partial charge in [0.2, 0.25) is 5.91 Å². The lowest BCUT2D eigenvalue weighted by atomic mass is 9.66. The molecular formula is C20H27NO3. The minimum Gasteiger partial charge on any atom is -0.481 e. The summed E-state index contributed by atoms with van der Waals surface area (Å²) in [5, 5.41) is 9.42. The summed E-state index contributed by atoms with van der Waals surface area (Å²) in [5.41, 5.74) is 0.699. The second kappa shape index (κ2) is 6.58. The van der Waals surface area contributed by atoms with Crippen LogP contribution in [0.5, 0.6) is 0 Å². The van der Waals surface area contributed by atoms with Crippen LogP contribution in [0.1, 0.15) is 51.0 Å². The molecule has 1 amide bonds. The Morgan fingerprint density at radius 1 is 1.17 bits per heavy atom. The molecule has 0 spiro atoms. The van der Waals surface area contributed by atoms with Gasteiger partial charge in [-0.2, -0.15) is 0 Å². The lowest BCUT2D eigenvalue weighted by Crippen LogP contribution is -2.43. The monoisotopic (exact) mass is 329 g/mol. The average Bonchev–Trinajstić information content (AvgIpc) is 2.92. The number of rotatable bonds is 6. The molecule has 2 fully saturated rings. The number of carboxylic acid groups (broad SMARTS) is 1. The number of nitrogens with zero attached hydrogens (tertiary/aromatic N) is 1. The van der Waals surface area contributed by atoms with E-state index < -0.39 is 11.4 Å². The standard InChI is InChI=1S/C20H27NO3/c1-19(11-8-16-6-3-2-4-7-16)12-13-21(15-19)17(22)14-20(18(23)24)9-5-10-20/h2-4,6-7H,5,8-15H2,1H3,(H,23,24). The van der Waals surface area contributed by atoms with Crippen molar-refractivity contribution in [3.05, 3.63) is 35.9 Å². The molecule has 1 aromatic rings. The predicted molar refractivity (Wildman–Crippen MR) is 92.6 cm³/mol. The van der Waals surface area contributed by atoms with Crippen molar-refractivity contribution in [1.82, 2.24) is 4.90 Å². The Hall–Kier alpha value is -1.84. The maximum atomic E-state index is 12.6. The second-order valence-corrected chi connectivity index (χ2v) is 7.98. The van der Waals surface area contributed by atoms with E-state index in [1.807, 2.05) is 11.0 Å². The van der Waals surface area contributed by atoms with Gasteiger partial charge in [-0.3, -0.25) is 9.59 Å². The van der Waals surface area contributed by atoms with Gasteiger partial charge in [-0.1, -0.05) is 43.7 Å². The summed E-state index contributed by atoms with van der Waals surface area (Å²) >= 11 is 0. The summed E-state index contributed by atoms with van der Waals surface area (Å²) in [6.45, 7) is 3.77. The fourth-order valence-corrected chi connectivity index (χ4v) is 4.00. The molecule has 1 aliphatic heterocycles. The molecule has 1 saturated heterocycles. The molecule has 24 heavy (non-hydrogen) atoms. The first-order valence-electron chi connectivity index (χ1n) is 8.98. The molecule has 1 unspecified atom stereocenters. The van der Waals surface area contributed by atoms with E-state index in [9.17, 15) is 14.7 Å². The van der Waals surface area contributed by atoms with Crippen molar-refractivity contribution >= 4 is 11.9 Å². The van der Waals surface area contributed by atoms with Crippen molar-refractivity contribution in [2.24, 2.45) is 10.8 Å². The minimum atomic E-state index is -0.798. The molecule has 0 radical (unpaired) electrons. The summed E-state index contributed by atoms with van der Waals surface area (Å²) in [4.78, 5) is 25.9. The number of carbonyl (C=O) groups is 2. The number of benzene rings is 1. The summed E-state index contributed by atoms with van der Waals surface area (Å²) in [7, 11) is 0. The number of carbonyl (C=O) groups excluding carboxylic acids is 1. The zero-order valence-electron chi connectivity index (χ0n) is 14.5. The molecule has 2 aliphatic rings. The number of likely N-dealkylation sites (tertiary alicyclic amines) is 1. The van der Waals surface area contributed by atoms with Gasteiger partial charge in [0.1, 0.15) is 0 Å². The van der Waals surface area contributed by atoms with E-state index >= 15 is 0 Å². The Balaban J connectivity index is 1.54. The van der Waals surface area contributed by atoms with Crippen molar-refractivity contribution in [1.29, 1.82) is 0 Å². The van der Waals surface area contributed by atoms with Crippen LogP contribution in [0.2, 0.25) is 0 Å². The SMILES string of the molecule is CC1(CCc2ccccc2)CCN(C(=O)CC2(C(=O)O)CCC2)C1. The molecule has 1 atom stereocenters. The van der Waals surface area contributed by atoms with Crippen LogP contribution in [0, 0.1) is 10.8 Å². The summed E-state index contributed by atoms with van der Waals surface area (Å²) < 4.78 is 0. The van der Waals surface area contributed by atoms with Crippen LogP contribution < -0.4 is 0 Å². The highest BCUT2D eigenvalue weighted by atomic mass is 16.4. The van der Waals surface area contributed by atoms with Crippen LogP contribution in [0.25, 0.3) is 0 Å². The zero-order valence-corrected chi connectivity index (χ0v) is 14.5. The van der Waals surface area contributed by atoms with E-state index in [1.54, 1.807) is 0 Å². The first kappa shape index (κ1) is 17.0. The summed E-state index contributed by atoms with van der Waals surface area (Å²) in [6, 6.07) is 10.4. The van der Waals surface area contributed by atoms with Crippen molar-refractivity contribution in [3.8, 4) is 0 Å². The molecule has 1 saturated carbocycles. The van der Waals surface area contributed by atoms with E-state index in [4.69, 9.17) is 0 Å². The van der Waals surface area contributed by atoms with Gasteiger partial charge in [-0.05, 0) is 43.1 Å². The lowest BCUT2D eigenvalue weighted by Gasteiger charge is -2.38. The lowest BCUT2D eigenvalue weighted by molar-refractivity contribution is -0.159. The van der Waals surface area contributed by atoms with Crippen LogP contribution in [0.3, 0.4) is 0 Å². The number of hydrogen-bond acceptors (Lipinski definition) is 2. The molecule has 3 rings (SSSR count). The zero-order chi connectivity index (χ0) is 17.2. The summed E-state index contributed by atoms with van der Waals surface area (Å²) in [5.74, 6) is -0.770. The third kappa shape index (κ3) is 3.47. The van der Waals surface area contributed by atoms with Crippen LogP contribution in [0.4, 0.5) is 0 Å². The fourth-order valence-electron chi connectivity index (χ4n) is 4.00. The van der Waals surface area contributed by atoms with Crippen LogP contribution in [-0.2, 0) is 16.0 Å². The maximum Gasteiger partial charge on any atom is 0.310 e. The van der Waals surface area contributed by atoms with Gasteiger partial charge in [0.15, 0.2) is 0 Å². The largest absolute Gasteiger partial charge is 0.481 e. The molecule has 4 nitrogen and oxygen atoms in total. The van der Waals surface area contributed by atoms with E-state index in [0.29, 0.717) is 12.8 Å². The molecular weight excluding hydrogens is 302 g/mol. The van der Waals surface area contributed by atoms with Crippen molar-refractivity contribution < 1.29 is 14.7 Å². The molecule has 0 aromatic heterocycles. The third-order valence-corrected chi connectivity index (χ3v) is 6.02. The normalized spacial score (nSPS) is 25.3. The predicted octanol–water partition coefficient (Wildman–Crippen LogP) is 3.50. The minimum absolute atomic E-state index is 0.0283. The smallest absolute Gasteiger partial charge is 0.310 e. The Bertz CT molecular complexity index is 609. The fraction of sp³-hybridized carbons (Fsp3) is 0.600. The van der Waals surface area contributed by atoms with Gasteiger partial charge in [0, 0.05) is 19.5 Å². The highest BCUT2D eigenvalue weighted by Crippen LogP contribution is 2.45. The second-order valence-electron chi connectivity index (χ2n) is 7.98. The summed E-state index contributed by atoms with van der Waals surface area (Å²) in [6.07, 6.45) is 5.49. The number of amides is 1. The number of aliphatic carboxylic acids is 1. The van der Waals surface area contributed by atoms with Crippen LogP contribution in [0.15, 0.2) is 30.3 Å². The number of hydrogen-bond donors (Lipinski definition) is 1. The Kier molecular flexibility index (Phi) is 4.66. The average molecular weight is 329 g/mol. The van der Waals surface area contributed by atoms with Gasteiger partial charge in [-0.15, -0.1) is 0 Å². The van der Waals surface area contributed by atoms with Crippen molar-refractivity contribution in [2.45, 2.75) is 51.9 Å². The van der Waals surface area contributed by atoms with Crippen LogP contribution >= 0.6 is 0 Å². The molecule has 1 N–H and O–H groups in total. The first-order valence-corrected chi connectivity index (χ1v) is 8.98. The molecule has 1 aromatic carbocycles. The Morgan fingerprint density at radius 2 is 1.88 bits per heavy atom. The van der Waals surface area contributed by atoms with E-state index in [2.05, 4.69) is 31.2 Å². The van der Waals surface area contributed by atoms with Crippen molar-refractivity contribution in [2.75, 3.05) is 13.1 Å². The maximum absolute atomic E-state index is 12.6. The Morgan fingerprint density at radius 3 is 2.46 bits per heavy atom. The van der Waals surface area contributed by atoms with E-state index in [0.717, 1.165) is 38.8 Å². The van der Waals surface area contributed by atoms with Gasteiger partial charge < -0.3 is 10.0 Å². The highest BCUT2D eigenvalue weighted by Gasteiger charge is 2.47. The van der Waals surface area contributed by atoms with Gasteiger partial charge >= 0.3 is 5.97 Å². The van der Waals surface area contributed by atoms with E-state index in [1.165, 1.54) is 5.56 Å².